The molecule has 2 rings (SSSR count). The van der Waals surface area contributed by atoms with Crippen LogP contribution < -0.4 is 10.2 Å². The Hall–Kier alpha value is -1.39. The van der Waals surface area contributed by atoms with E-state index >= 15 is 0 Å². The van der Waals surface area contributed by atoms with Crippen LogP contribution in [0.15, 0.2) is 35.7 Å². The van der Waals surface area contributed by atoms with Crippen molar-refractivity contribution in [3.8, 4) is 0 Å². The van der Waals surface area contributed by atoms with Gasteiger partial charge < -0.3 is 10.2 Å². The van der Waals surface area contributed by atoms with Crippen LogP contribution in [0, 0.1) is 0 Å². The van der Waals surface area contributed by atoms with Gasteiger partial charge in [0.25, 0.3) is 0 Å². The standard InChI is InChI=1S/C16H23N3S/c1-13(2)17-12-14-6-4-8-16(18-14)19(3)10-9-15-7-5-11-20-15/h4-8,11,13,17H,9-10,12H2,1-3H3. The van der Waals surface area contributed by atoms with Crippen molar-refractivity contribution < 1.29 is 0 Å². The van der Waals surface area contributed by atoms with Crippen molar-refractivity contribution in [3.05, 3.63) is 46.3 Å². The average molecular weight is 289 g/mol. The molecule has 2 aromatic rings. The van der Waals surface area contributed by atoms with Crippen molar-refractivity contribution in [3.63, 3.8) is 0 Å². The second-order valence-corrected chi connectivity index (χ2v) is 6.31. The van der Waals surface area contributed by atoms with Gasteiger partial charge in [-0.3, -0.25) is 0 Å². The lowest BCUT2D eigenvalue weighted by Gasteiger charge is -2.18. The van der Waals surface area contributed by atoms with Gasteiger partial charge in [-0.05, 0) is 30.0 Å². The first-order valence-corrected chi connectivity index (χ1v) is 7.96. The number of aromatic nitrogens is 1. The van der Waals surface area contributed by atoms with Crippen molar-refractivity contribution in [1.29, 1.82) is 0 Å². The minimum atomic E-state index is 0.483. The van der Waals surface area contributed by atoms with Crippen molar-refractivity contribution in [2.75, 3.05) is 18.5 Å². The summed E-state index contributed by atoms with van der Waals surface area (Å²) in [5, 5.41) is 5.53. The van der Waals surface area contributed by atoms with Crippen molar-refractivity contribution in [1.82, 2.24) is 10.3 Å². The second-order valence-electron chi connectivity index (χ2n) is 5.27. The highest BCUT2D eigenvalue weighted by Crippen LogP contribution is 2.13. The number of nitrogens with one attached hydrogen (secondary N) is 1. The van der Waals surface area contributed by atoms with Crippen molar-refractivity contribution in [2.45, 2.75) is 32.9 Å². The molecule has 2 heterocycles. The van der Waals surface area contributed by atoms with E-state index < -0.39 is 0 Å². The SMILES string of the molecule is CC(C)NCc1cccc(N(C)CCc2cccs2)n1. The molecule has 0 spiro atoms. The van der Waals surface area contributed by atoms with Gasteiger partial charge in [-0.15, -0.1) is 11.3 Å². The first kappa shape index (κ1) is 15.0. The van der Waals surface area contributed by atoms with E-state index in [4.69, 9.17) is 4.98 Å². The molecular formula is C16H23N3S. The molecule has 0 radical (unpaired) electrons. The number of pyridine rings is 1. The molecular weight excluding hydrogens is 266 g/mol. The van der Waals surface area contributed by atoms with Gasteiger partial charge in [-0.2, -0.15) is 0 Å². The third-order valence-corrected chi connectivity index (χ3v) is 4.08. The van der Waals surface area contributed by atoms with E-state index in [0.717, 1.165) is 31.0 Å². The Bertz CT molecular complexity index is 508. The summed E-state index contributed by atoms with van der Waals surface area (Å²) in [4.78, 5) is 8.36. The van der Waals surface area contributed by atoms with Gasteiger partial charge in [0.1, 0.15) is 5.82 Å². The highest BCUT2D eigenvalue weighted by atomic mass is 32.1. The number of hydrogen-bond acceptors (Lipinski definition) is 4. The summed E-state index contributed by atoms with van der Waals surface area (Å²) in [6.45, 7) is 6.12. The summed E-state index contributed by atoms with van der Waals surface area (Å²) < 4.78 is 0. The van der Waals surface area contributed by atoms with E-state index in [9.17, 15) is 0 Å². The molecule has 0 fully saturated rings. The van der Waals surface area contributed by atoms with Gasteiger partial charge in [0, 0.05) is 31.1 Å². The van der Waals surface area contributed by atoms with Gasteiger partial charge >= 0.3 is 0 Å². The minimum Gasteiger partial charge on any atom is -0.359 e. The molecule has 0 aromatic carbocycles. The molecule has 0 amide bonds. The zero-order valence-electron chi connectivity index (χ0n) is 12.5. The largest absolute Gasteiger partial charge is 0.359 e. The monoisotopic (exact) mass is 289 g/mol. The number of thiophene rings is 1. The van der Waals surface area contributed by atoms with E-state index in [1.165, 1.54) is 4.88 Å². The highest BCUT2D eigenvalue weighted by molar-refractivity contribution is 7.09. The van der Waals surface area contributed by atoms with Crippen LogP contribution in [0.2, 0.25) is 0 Å². The first-order valence-electron chi connectivity index (χ1n) is 7.08. The molecule has 0 aliphatic rings. The van der Waals surface area contributed by atoms with E-state index in [1.54, 1.807) is 0 Å². The van der Waals surface area contributed by atoms with Gasteiger partial charge in [0.2, 0.25) is 0 Å². The zero-order chi connectivity index (χ0) is 14.4. The van der Waals surface area contributed by atoms with Crippen LogP contribution in [0.4, 0.5) is 5.82 Å². The lowest BCUT2D eigenvalue weighted by atomic mass is 10.3. The smallest absolute Gasteiger partial charge is 0.128 e. The molecule has 0 bridgehead atoms. The van der Waals surface area contributed by atoms with E-state index in [-0.39, 0.29) is 0 Å². The average Bonchev–Trinajstić information content (AvgIpc) is 2.96. The lowest BCUT2D eigenvalue weighted by Crippen LogP contribution is -2.24. The zero-order valence-corrected chi connectivity index (χ0v) is 13.3. The molecule has 0 saturated carbocycles. The van der Waals surface area contributed by atoms with Gasteiger partial charge in [-0.25, -0.2) is 4.98 Å². The Morgan fingerprint density at radius 1 is 1.25 bits per heavy atom. The van der Waals surface area contributed by atoms with E-state index in [0.29, 0.717) is 6.04 Å². The summed E-state index contributed by atoms with van der Waals surface area (Å²) in [6.07, 6.45) is 1.07. The Balaban J connectivity index is 1.91. The number of hydrogen-bond donors (Lipinski definition) is 1. The van der Waals surface area contributed by atoms with Crippen LogP contribution in [0.25, 0.3) is 0 Å². The van der Waals surface area contributed by atoms with Crippen LogP contribution in [-0.4, -0.2) is 24.6 Å². The molecule has 0 saturated heterocycles. The molecule has 4 heteroatoms. The maximum Gasteiger partial charge on any atom is 0.128 e. The molecule has 0 aliphatic carbocycles. The van der Waals surface area contributed by atoms with Crippen molar-refractivity contribution >= 4 is 17.2 Å². The Morgan fingerprint density at radius 2 is 2.10 bits per heavy atom. The number of anilines is 1. The maximum atomic E-state index is 4.71. The fourth-order valence-electron chi connectivity index (χ4n) is 1.93. The molecule has 2 aromatic heterocycles. The molecule has 108 valence electrons. The van der Waals surface area contributed by atoms with E-state index in [1.807, 2.05) is 11.3 Å². The van der Waals surface area contributed by atoms with Gasteiger partial charge in [0.15, 0.2) is 0 Å². The third-order valence-electron chi connectivity index (χ3n) is 3.15. The van der Waals surface area contributed by atoms with E-state index in [2.05, 4.69) is 66.8 Å². The molecule has 20 heavy (non-hydrogen) atoms. The topological polar surface area (TPSA) is 28.2 Å². The summed E-state index contributed by atoms with van der Waals surface area (Å²) in [5.74, 6) is 1.05. The number of nitrogens with zero attached hydrogens (tertiary/aromatic N) is 2. The summed E-state index contributed by atoms with van der Waals surface area (Å²) in [6, 6.07) is 11.0. The number of likely N-dealkylation sites (N-methyl/N-ethyl adjacent to an activating group) is 1. The Morgan fingerprint density at radius 3 is 2.80 bits per heavy atom. The fraction of sp³-hybridized carbons (Fsp3) is 0.438. The molecule has 0 aliphatic heterocycles. The fourth-order valence-corrected chi connectivity index (χ4v) is 2.63. The van der Waals surface area contributed by atoms with Crippen LogP contribution in [0.5, 0.6) is 0 Å². The maximum absolute atomic E-state index is 4.71. The van der Waals surface area contributed by atoms with Crippen LogP contribution in [0.3, 0.4) is 0 Å². The predicted octanol–water partition coefficient (Wildman–Crippen LogP) is 3.32. The predicted molar refractivity (Wildman–Crippen MR) is 87.5 cm³/mol. The quantitative estimate of drug-likeness (QED) is 0.847. The summed E-state index contributed by atoms with van der Waals surface area (Å²) in [5.41, 5.74) is 1.10. The summed E-state index contributed by atoms with van der Waals surface area (Å²) >= 11 is 1.82. The van der Waals surface area contributed by atoms with Gasteiger partial charge in [0.05, 0.1) is 5.69 Å². The first-order chi connectivity index (χ1) is 9.65. The highest BCUT2D eigenvalue weighted by Gasteiger charge is 2.05. The second kappa shape index (κ2) is 7.41. The summed E-state index contributed by atoms with van der Waals surface area (Å²) in [7, 11) is 2.11. The van der Waals surface area contributed by atoms with Gasteiger partial charge in [-0.1, -0.05) is 26.0 Å². The Kier molecular flexibility index (Phi) is 5.56. The molecule has 3 nitrogen and oxygen atoms in total. The normalized spacial score (nSPS) is 11.0. The minimum absolute atomic E-state index is 0.483. The van der Waals surface area contributed by atoms with Crippen LogP contribution in [0.1, 0.15) is 24.4 Å². The molecule has 0 atom stereocenters. The molecule has 1 N–H and O–H groups in total. The van der Waals surface area contributed by atoms with Crippen molar-refractivity contribution in [2.24, 2.45) is 0 Å². The number of rotatable bonds is 7. The third kappa shape index (κ3) is 4.62. The Labute approximate surface area is 125 Å². The lowest BCUT2D eigenvalue weighted by molar-refractivity contribution is 0.581. The van der Waals surface area contributed by atoms with Crippen LogP contribution >= 0.6 is 11.3 Å². The molecule has 0 unspecified atom stereocenters. The van der Waals surface area contributed by atoms with Crippen LogP contribution in [-0.2, 0) is 13.0 Å².